The molecule has 1 aromatic heterocycles. The highest BCUT2D eigenvalue weighted by Crippen LogP contribution is 2.26. The summed E-state index contributed by atoms with van der Waals surface area (Å²) >= 11 is 0. The quantitative estimate of drug-likeness (QED) is 0.802. The van der Waals surface area contributed by atoms with Crippen molar-refractivity contribution >= 4 is 11.9 Å². The number of hydrogen-bond acceptors (Lipinski definition) is 3. The van der Waals surface area contributed by atoms with Gasteiger partial charge in [-0.05, 0) is 37.3 Å². The lowest BCUT2D eigenvalue weighted by atomic mass is 9.84. The molecule has 1 amide bonds. The molecule has 0 saturated carbocycles. The molecule has 0 aliphatic rings. The lowest BCUT2D eigenvalue weighted by molar-refractivity contribution is -0.137. The van der Waals surface area contributed by atoms with Crippen molar-refractivity contribution in [2.75, 3.05) is 6.54 Å². The molecular formula is C15H22N2O3. The molecule has 5 heteroatoms. The molecule has 0 aromatic carbocycles. The van der Waals surface area contributed by atoms with Crippen molar-refractivity contribution in [3.8, 4) is 0 Å². The predicted molar refractivity (Wildman–Crippen MR) is 76.6 cm³/mol. The minimum absolute atomic E-state index is 0.102. The highest BCUT2D eigenvalue weighted by atomic mass is 16.4. The molecule has 0 bridgehead atoms. The fourth-order valence-corrected chi connectivity index (χ4v) is 1.90. The van der Waals surface area contributed by atoms with E-state index in [0.717, 1.165) is 6.42 Å². The third-order valence-electron chi connectivity index (χ3n) is 3.35. The van der Waals surface area contributed by atoms with Crippen molar-refractivity contribution in [3.63, 3.8) is 0 Å². The summed E-state index contributed by atoms with van der Waals surface area (Å²) in [6, 6.07) is 3.48. The van der Waals surface area contributed by atoms with Gasteiger partial charge in [0.05, 0.1) is 5.56 Å². The average Bonchev–Trinajstić information content (AvgIpc) is 2.37. The second-order valence-electron chi connectivity index (χ2n) is 5.70. The van der Waals surface area contributed by atoms with Gasteiger partial charge >= 0.3 is 5.97 Å². The minimum Gasteiger partial charge on any atom is -0.481 e. The van der Waals surface area contributed by atoms with Crippen molar-refractivity contribution in [1.82, 2.24) is 10.3 Å². The van der Waals surface area contributed by atoms with Crippen LogP contribution in [0.5, 0.6) is 0 Å². The van der Waals surface area contributed by atoms with E-state index in [0.29, 0.717) is 24.2 Å². The third kappa shape index (κ3) is 5.38. The first-order valence-corrected chi connectivity index (χ1v) is 6.73. The molecular weight excluding hydrogens is 256 g/mol. The summed E-state index contributed by atoms with van der Waals surface area (Å²) in [6.45, 7) is 6.35. The van der Waals surface area contributed by atoms with Crippen molar-refractivity contribution in [2.45, 2.75) is 40.0 Å². The van der Waals surface area contributed by atoms with E-state index in [1.165, 1.54) is 0 Å². The van der Waals surface area contributed by atoms with Gasteiger partial charge in [-0.1, -0.05) is 13.8 Å². The Morgan fingerprint density at radius 3 is 2.65 bits per heavy atom. The van der Waals surface area contributed by atoms with Crippen molar-refractivity contribution in [2.24, 2.45) is 5.41 Å². The Kier molecular flexibility index (Phi) is 5.67. The maximum Gasteiger partial charge on any atom is 0.303 e. The number of carbonyl (C=O) groups is 2. The maximum atomic E-state index is 12.0. The topological polar surface area (TPSA) is 79.3 Å². The summed E-state index contributed by atoms with van der Waals surface area (Å²) < 4.78 is 0. The number of aryl methyl sites for hydroxylation is 1. The van der Waals surface area contributed by atoms with Crippen LogP contribution < -0.4 is 5.32 Å². The summed E-state index contributed by atoms with van der Waals surface area (Å²) in [5.41, 5.74) is 1.18. The van der Waals surface area contributed by atoms with Crippen LogP contribution in [0.1, 0.15) is 49.2 Å². The molecule has 5 nitrogen and oxygen atoms in total. The second-order valence-corrected chi connectivity index (χ2v) is 5.70. The normalized spacial score (nSPS) is 11.2. The van der Waals surface area contributed by atoms with Crippen LogP contribution in [0, 0.1) is 12.3 Å². The number of nitrogens with zero attached hydrogens (tertiary/aromatic N) is 1. The number of amides is 1. The average molecular weight is 278 g/mol. The second kappa shape index (κ2) is 7.03. The van der Waals surface area contributed by atoms with E-state index in [1.54, 1.807) is 25.3 Å². The first-order chi connectivity index (χ1) is 9.32. The smallest absolute Gasteiger partial charge is 0.303 e. The molecule has 1 rings (SSSR count). The molecule has 0 atom stereocenters. The SMILES string of the molecule is Cc1ncccc1C(=O)NCCC(C)(C)CCC(=O)O. The summed E-state index contributed by atoms with van der Waals surface area (Å²) in [5, 5.41) is 11.6. The van der Waals surface area contributed by atoms with Crippen LogP contribution in [0.4, 0.5) is 0 Å². The van der Waals surface area contributed by atoms with E-state index in [4.69, 9.17) is 5.11 Å². The van der Waals surface area contributed by atoms with Crippen LogP contribution >= 0.6 is 0 Å². The molecule has 1 heterocycles. The van der Waals surface area contributed by atoms with Gasteiger partial charge in [-0.15, -0.1) is 0 Å². The molecule has 0 fully saturated rings. The zero-order valence-corrected chi connectivity index (χ0v) is 12.3. The number of hydrogen-bond donors (Lipinski definition) is 2. The van der Waals surface area contributed by atoms with Crippen molar-refractivity contribution in [1.29, 1.82) is 0 Å². The number of rotatable bonds is 7. The van der Waals surface area contributed by atoms with E-state index in [-0.39, 0.29) is 17.7 Å². The molecule has 20 heavy (non-hydrogen) atoms. The number of carboxylic acids is 1. The monoisotopic (exact) mass is 278 g/mol. The Labute approximate surface area is 119 Å². The Bertz CT molecular complexity index is 484. The molecule has 0 aliphatic heterocycles. The number of carbonyl (C=O) groups excluding carboxylic acids is 1. The van der Waals surface area contributed by atoms with Gasteiger partial charge in [0.25, 0.3) is 5.91 Å². The van der Waals surface area contributed by atoms with Crippen LogP contribution in [0.15, 0.2) is 18.3 Å². The van der Waals surface area contributed by atoms with E-state index in [2.05, 4.69) is 10.3 Å². The Hall–Kier alpha value is -1.91. The van der Waals surface area contributed by atoms with Gasteiger partial charge in [0.15, 0.2) is 0 Å². The van der Waals surface area contributed by atoms with Gasteiger partial charge in [-0.2, -0.15) is 0 Å². The molecule has 0 spiro atoms. The fourth-order valence-electron chi connectivity index (χ4n) is 1.90. The number of pyridine rings is 1. The van der Waals surface area contributed by atoms with Crippen molar-refractivity contribution in [3.05, 3.63) is 29.6 Å². The Morgan fingerprint density at radius 1 is 1.35 bits per heavy atom. The van der Waals surface area contributed by atoms with Crippen LogP contribution in [-0.2, 0) is 4.79 Å². The van der Waals surface area contributed by atoms with Crippen molar-refractivity contribution < 1.29 is 14.7 Å². The first-order valence-electron chi connectivity index (χ1n) is 6.73. The van der Waals surface area contributed by atoms with Gasteiger partial charge in [0.2, 0.25) is 0 Å². The molecule has 0 aliphatic carbocycles. The summed E-state index contributed by atoms with van der Waals surface area (Å²) in [6.07, 6.45) is 3.15. The highest BCUT2D eigenvalue weighted by molar-refractivity contribution is 5.95. The third-order valence-corrected chi connectivity index (χ3v) is 3.35. The van der Waals surface area contributed by atoms with Gasteiger partial charge < -0.3 is 10.4 Å². The van der Waals surface area contributed by atoms with E-state index >= 15 is 0 Å². The predicted octanol–water partition coefficient (Wildman–Crippen LogP) is 2.40. The first kappa shape index (κ1) is 16.1. The number of aliphatic carboxylic acids is 1. The molecule has 0 unspecified atom stereocenters. The van der Waals surface area contributed by atoms with Gasteiger partial charge in [0.1, 0.15) is 0 Å². The van der Waals surface area contributed by atoms with Crippen LogP contribution in [0.3, 0.4) is 0 Å². The van der Waals surface area contributed by atoms with Crippen LogP contribution in [0.25, 0.3) is 0 Å². The van der Waals surface area contributed by atoms with Crippen LogP contribution in [0.2, 0.25) is 0 Å². The summed E-state index contributed by atoms with van der Waals surface area (Å²) in [4.78, 5) is 26.6. The number of nitrogens with one attached hydrogen (secondary N) is 1. The van der Waals surface area contributed by atoms with E-state index < -0.39 is 5.97 Å². The minimum atomic E-state index is -0.784. The molecule has 0 radical (unpaired) electrons. The Balaban J connectivity index is 2.42. The van der Waals surface area contributed by atoms with Crippen LogP contribution in [-0.4, -0.2) is 28.5 Å². The fraction of sp³-hybridized carbons (Fsp3) is 0.533. The largest absolute Gasteiger partial charge is 0.481 e. The lowest BCUT2D eigenvalue weighted by Gasteiger charge is -2.23. The van der Waals surface area contributed by atoms with Gasteiger partial charge in [-0.25, -0.2) is 0 Å². The number of carboxylic acid groups (broad SMARTS) is 1. The summed E-state index contributed by atoms with van der Waals surface area (Å²) in [5.74, 6) is -0.919. The lowest BCUT2D eigenvalue weighted by Crippen LogP contribution is -2.29. The molecule has 110 valence electrons. The highest BCUT2D eigenvalue weighted by Gasteiger charge is 2.19. The molecule has 0 saturated heterocycles. The molecule has 1 aromatic rings. The number of aromatic nitrogens is 1. The molecule has 2 N–H and O–H groups in total. The van der Waals surface area contributed by atoms with Gasteiger partial charge in [0, 0.05) is 24.9 Å². The van der Waals surface area contributed by atoms with E-state index in [9.17, 15) is 9.59 Å². The zero-order chi connectivity index (χ0) is 15.2. The van der Waals surface area contributed by atoms with E-state index in [1.807, 2.05) is 13.8 Å². The van der Waals surface area contributed by atoms with Gasteiger partial charge in [-0.3, -0.25) is 14.6 Å². The maximum absolute atomic E-state index is 12.0. The zero-order valence-electron chi connectivity index (χ0n) is 12.3. The summed E-state index contributed by atoms with van der Waals surface area (Å²) in [7, 11) is 0. The standard InChI is InChI=1S/C15H22N2O3/c1-11-12(5-4-9-16-11)14(20)17-10-8-15(2,3)7-6-13(18)19/h4-5,9H,6-8,10H2,1-3H3,(H,17,20)(H,18,19). The Morgan fingerprint density at radius 2 is 2.05 bits per heavy atom.